The van der Waals surface area contributed by atoms with Crippen molar-refractivity contribution in [1.82, 2.24) is 0 Å². The smallest absolute Gasteiger partial charge is 0.344 e. The van der Waals surface area contributed by atoms with Gasteiger partial charge in [0.05, 0.1) is 0 Å². The molecule has 0 aliphatic carbocycles. The van der Waals surface area contributed by atoms with Crippen LogP contribution in [0.25, 0.3) is 0 Å². The molecule has 1 amide bonds. The molecule has 0 radical (unpaired) electrons. The molecule has 0 aromatic heterocycles. The number of aryl methyl sites for hydroxylation is 2. The van der Waals surface area contributed by atoms with E-state index in [9.17, 15) is 14.0 Å². The molecule has 2 aromatic rings. The first-order valence-corrected chi connectivity index (χ1v) is 7.81. The quantitative estimate of drug-likeness (QED) is 0.815. The number of anilines is 1. The summed E-state index contributed by atoms with van der Waals surface area (Å²) in [6.07, 6.45) is -1.03. The van der Waals surface area contributed by atoms with Crippen molar-refractivity contribution in [3.63, 3.8) is 0 Å². The van der Waals surface area contributed by atoms with Gasteiger partial charge in [0.2, 0.25) is 0 Å². The molecule has 1 unspecified atom stereocenters. The van der Waals surface area contributed by atoms with E-state index in [1.165, 1.54) is 13.0 Å². The summed E-state index contributed by atoms with van der Waals surface area (Å²) in [5, 5.41) is 2.50. The molecule has 0 bridgehead atoms. The van der Waals surface area contributed by atoms with Crippen LogP contribution in [0.3, 0.4) is 0 Å². The predicted octanol–water partition coefficient (Wildman–Crippen LogP) is 3.39. The Balaban J connectivity index is 1.83. The van der Waals surface area contributed by atoms with E-state index in [2.05, 4.69) is 5.32 Å². The topological polar surface area (TPSA) is 64.6 Å². The molecule has 0 aliphatic rings. The van der Waals surface area contributed by atoms with Gasteiger partial charge in [0.1, 0.15) is 11.6 Å². The molecule has 0 fully saturated rings. The summed E-state index contributed by atoms with van der Waals surface area (Å²) in [6, 6.07) is 11.6. The molecule has 2 rings (SSSR count). The average Bonchev–Trinajstić information content (AvgIpc) is 2.56. The fourth-order valence-corrected chi connectivity index (χ4v) is 2.05. The molecule has 0 aliphatic heterocycles. The average molecular weight is 345 g/mol. The lowest BCUT2D eigenvalue weighted by Gasteiger charge is -2.14. The van der Waals surface area contributed by atoms with Crippen LogP contribution in [0.5, 0.6) is 5.75 Å². The number of benzene rings is 2. The number of esters is 1. The summed E-state index contributed by atoms with van der Waals surface area (Å²) in [5.41, 5.74) is 1.78. The Bertz CT molecular complexity index is 776. The number of carbonyl (C=O) groups is 2. The van der Waals surface area contributed by atoms with Crippen LogP contribution in [0, 0.1) is 19.7 Å². The van der Waals surface area contributed by atoms with E-state index >= 15 is 0 Å². The minimum Gasteiger partial charge on any atom is -0.482 e. The van der Waals surface area contributed by atoms with Crippen LogP contribution in [0.15, 0.2) is 42.5 Å². The molecule has 6 heteroatoms. The van der Waals surface area contributed by atoms with Gasteiger partial charge in [-0.25, -0.2) is 9.18 Å². The first kappa shape index (κ1) is 18.4. The Hall–Kier alpha value is -2.89. The molecule has 5 nitrogen and oxygen atoms in total. The Morgan fingerprint density at radius 2 is 1.92 bits per heavy atom. The zero-order valence-electron chi connectivity index (χ0n) is 14.3. The number of halogens is 1. The maximum absolute atomic E-state index is 13.5. The third kappa shape index (κ3) is 5.60. The van der Waals surface area contributed by atoms with Crippen molar-refractivity contribution in [2.75, 3.05) is 11.9 Å². The molecule has 1 atom stereocenters. The van der Waals surface area contributed by atoms with E-state index in [-0.39, 0.29) is 6.61 Å². The molecule has 0 saturated heterocycles. The fourth-order valence-electron chi connectivity index (χ4n) is 2.05. The van der Waals surface area contributed by atoms with Crippen molar-refractivity contribution in [2.45, 2.75) is 26.9 Å². The summed E-state index contributed by atoms with van der Waals surface area (Å²) in [7, 11) is 0. The highest BCUT2D eigenvalue weighted by atomic mass is 19.1. The van der Waals surface area contributed by atoms with Crippen LogP contribution in [0.1, 0.15) is 18.1 Å². The second-order valence-corrected chi connectivity index (χ2v) is 5.69. The highest BCUT2D eigenvalue weighted by Gasteiger charge is 2.18. The van der Waals surface area contributed by atoms with Crippen LogP contribution in [0.2, 0.25) is 0 Å². The maximum atomic E-state index is 13.5. The SMILES string of the molecule is Cc1cccc(OCC(=O)OC(C)C(=O)Nc2ccc(C)c(F)c2)c1. The van der Waals surface area contributed by atoms with Gasteiger partial charge in [-0.15, -0.1) is 0 Å². The molecule has 0 heterocycles. The van der Waals surface area contributed by atoms with E-state index in [1.54, 1.807) is 31.2 Å². The Morgan fingerprint density at radius 3 is 2.60 bits per heavy atom. The number of hydrogen-bond donors (Lipinski definition) is 1. The summed E-state index contributed by atoms with van der Waals surface area (Å²) < 4.78 is 23.8. The van der Waals surface area contributed by atoms with Gasteiger partial charge in [-0.05, 0) is 56.2 Å². The highest BCUT2D eigenvalue weighted by molar-refractivity contribution is 5.95. The van der Waals surface area contributed by atoms with Gasteiger partial charge in [-0.3, -0.25) is 4.79 Å². The minimum atomic E-state index is -1.03. The van der Waals surface area contributed by atoms with Gasteiger partial charge >= 0.3 is 5.97 Å². The third-order valence-electron chi connectivity index (χ3n) is 3.46. The van der Waals surface area contributed by atoms with Gasteiger partial charge in [-0.2, -0.15) is 0 Å². The Kier molecular flexibility index (Phi) is 6.11. The third-order valence-corrected chi connectivity index (χ3v) is 3.46. The molecule has 132 valence electrons. The highest BCUT2D eigenvalue weighted by Crippen LogP contribution is 2.15. The molecular weight excluding hydrogens is 325 g/mol. The number of rotatable bonds is 6. The Morgan fingerprint density at radius 1 is 1.16 bits per heavy atom. The summed E-state index contributed by atoms with van der Waals surface area (Å²) in [4.78, 5) is 23.8. The normalized spacial score (nSPS) is 11.5. The summed E-state index contributed by atoms with van der Waals surface area (Å²) in [5.74, 6) is -1.09. The van der Waals surface area contributed by atoms with Gasteiger partial charge < -0.3 is 14.8 Å². The van der Waals surface area contributed by atoms with Gasteiger partial charge in [0.25, 0.3) is 5.91 Å². The maximum Gasteiger partial charge on any atom is 0.344 e. The van der Waals surface area contributed by atoms with E-state index in [0.29, 0.717) is 17.0 Å². The van der Waals surface area contributed by atoms with E-state index in [1.807, 2.05) is 19.1 Å². The summed E-state index contributed by atoms with van der Waals surface area (Å²) in [6.45, 7) is 4.66. The fraction of sp³-hybridized carbons (Fsp3) is 0.263. The number of amides is 1. The lowest BCUT2D eigenvalue weighted by molar-refractivity contribution is -0.155. The lowest BCUT2D eigenvalue weighted by atomic mass is 10.2. The van der Waals surface area contributed by atoms with Gasteiger partial charge in [0.15, 0.2) is 12.7 Å². The van der Waals surface area contributed by atoms with E-state index in [4.69, 9.17) is 9.47 Å². The first-order valence-electron chi connectivity index (χ1n) is 7.81. The molecule has 25 heavy (non-hydrogen) atoms. The zero-order valence-corrected chi connectivity index (χ0v) is 14.3. The van der Waals surface area contributed by atoms with Crippen molar-refractivity contribution in [2.24, 2.45) is 0 Å². The predicted molar refractivity (Wildman–Crippen MR) is 92.0 cm³/mol. The molecule has 0 spiro atoms. The summed E-state index contributed by atoms with van der Waals surface area (Å²) >= 11 is 0. The molecule has 2 aromatic carbocycles. The van der Waals surface area contributed by atoms with Crippen LogP contribution >= 0.6 is 0 Å². The van der Waals surface area contributed by atoms with Gasteiger partial charge in [-0.1, -0.05) is 18.2 Å². The largest absolute Gasteiger partial charge is 0.482 e. The van der Waals surface area contributed by atoms with Crippen LogP contribution in [0.4, 0.5) is 10.1 Å². The number of nitrogens with one attached hydrogen (secondary N) is 1. The van der Waals surface area contributed by atoms with Gasteiger partial charge in [0, 0.05) is 5.69 Å². The first-order chi connectivity index (χ1) is 11.8. The second kappa shape index (κ2) is 8.28. The zero-order chi connectivity index (χ0) is 18.4. The molecule has 0 saturated carbocycles. The van der Waals surface area contributed by atoms with Crippen LogP contribution in [-0.2, 0) is 14.3 Å². The van der Waals surface area contributed by atoms with E-state index in [0.717, 1.165) is 5.56 Å². The standard InChI is InChI=1S/C19H20FNO4/c1-12-5-4-6-16(9-12)24-11-18(22)25-14(3)19(23)21-15-8-7-13(2)17(20)10-15/h4-10,14H,11H2,1-3H3,(H,21,23). The van der Waals surface area contributed by atoms with Crippen molar-refractivity contribution < 1.29 is 23.5 Å². The van der Waals surface area contributed by atoms with Crippen LogP contribution in [-0.4, -0.2) is 24.6 Å². The molecule has 1 N–H and O–H groups in total. The second-order valence-electron chi connectivity index (χ2n) is 5.69. The lowest BCUT2D eigenvalue weighted by Crippen LogP contribution is -2.31. The van der Waals surface area contributed by atoms with Crippen molar-refractivity contribution in [1.29, 1.82) is 0 Å². The van der Waals surface area contributed by atoms with Crippen molar-refractivity contribution in [3.8, 4) is 5.75 Å². The van der Waals surface area contributed by atoms with Crippen LogP contribution < -0.4 is 10.1 Å². The minimum absolute atomic E-state index is 0.298. The monoisotopic (exact) mass is 345 g/mol. The number of hydrogen-bond acceptors (Lipinski definition) is 4. The number of ether oxygens (including phenoxy) is 2. The van der Waals surface area contributed by atoms with E-state index < -0.39 is 23.8 Å². The number of carbonyl (C=O) groups excluding carboxylic acids is 2. The van der Waals surface area contributed by atoms with Crippen molar-refractivity contribution in [3.05, 3.63) is 59.4 Å². The Labute approximate surface area is 145 Å². The van der Waals surface area contributed by atoms with Crippen molar-refractivity contribution >= 4 is 17.6 Å². The molecular formula is C19H20FNO4.